The highest BCUT2D eigenvalue weighted by atomic mass is 16.5. The van der Waals surface area contributed by atoms with Crippen LogP contribution in [0.4, 0.5) is 11.4 Å². The van der Waals surface area contributed by atoms with Gasteiger partial charge in [-0.05, 0) is 36.4 Å². The predicted octanol–water partition coefficient (Wildman–Crippen LogP) is 1.03. The maximum atomic E-state index is 8.29. The third kappa shape index (κ3) is 3.15. The van der Waals surface area contributed by atoms with Crippen LogP contribution in [0.5, 0.6) is 5.75 Å². The fourth-order valence-electron chi connectivity index (χ4n) is 2.26. The summed E-state index contributed by atoms with van der Waals surface area (Å²) in [5.41, 5.74) is 12.3. The van der Waals surface area contributed by atoms with E-state index in [0.717, 1.165) is 17.1 Å². The molecule has 1 aliphatic heterocycles. The normalized spacial score (nSPS) is 19.2. The maximum Gasteiger partial charge on any atom is 0.204 e. The highest BCUT2D eigenvalue weighted by Gasteiger charge is 2.35. The lowest BCUT2D eigenvalue weighted by Crippen LogP contribution is -2.69. The molecular formula is C16H19N6O+. The maximum absolute atomic E-state index is 8.29. The Morgan fingerprint density at radius 1 is 1.17 bits per heavy atom. The molecule has 1 atom stereocenters. The molecule has 0 spiro atoms. The number of ether oxygens (including phenoxy) is 1. The molecule has 7 nitrogen and oxygen atoms in total. The van der Waals surface area contributed by atoms with Gasteiger partial charge in [-0.2, -0.15) is 10.5 Å². The number of para-hydroxylation sites is 1. The molecule has 1 fully saturated rings. The third-order valence-electron chi connectivity index (χ3n) is 3.49. The summed E-state index contributed by atoms with van der Waals surface area (Å²) in [5, 5.41) is 14.3. The van der Waals surface area contributed by atoms with E-state index in [9.17, 15) is 0 Å². The molecule has 0 aromatic heterocycles. The molecule has 0 unspecified atom stereocenters. The van der Waals surface area contributed by atoms with Gasteiger partial charge in [-0.3, -0.25) is 15.8 Å². The van der Waals surface area contributed by atoms with Crippen molar-refractivity contribution in [2.24, 2.45) is 5.10 Å². The first-order valence-electron chi connectivity index (χ1n) is 7.20. The van der Waals surface area contributed by atoms with Crippen molar-refractivity contribution in [3.63, 3.8) is 0 Å². The van der Waals surface area contributed by atoms with Crippen LogP contribution in [-0.4, -0.2) is 24.8 Å². The third-order valence-corrected chi connectivity index (χ3v) is 3.49. The lowest BCUT2D eigenvalue weighted by molar-refractivity contribution is -0.401. The van der Waals surface area contributed by atoms with Crippen molar-refractivity contribution in [3.8, 4) is 5.75 Å². The molecule has 1 heterocycles. The molecule has 0 radical (unpaired) electrons. The average molecular weight is 311 g/mol. The second kappa shape index (κ2) is 6.47. The van der Waals surface area contributed by atoms with Gasteiger partial charge < -0.3 is 10.5 Å². The summed E-state index contributed by atoms with van der Waals surface area (Å²) < 4.78 is 5.12. The van der Waals surface area contributed by atoms with Crippen LogP contribution >= 0.6 is 0 Å². The number of hydrogen-bond acceptors (Lipinski definition) is 5. The summed E-state index contributed by atoms with van der Waals surface area (Å²) in [6, 6.07) is 17.1. The van der Waals surface area contributed by atoms with E-state index in [1.54, 1.807) is 12.1 Å². The van der Waals surface area contributed by atoms with Gasteiger partial charge in [0.2, 0.25) is 6.17 Å². The van der Waals surface area contributed by atoms with Crippen molar-refractivity contribution in [2.45, 2.75) is 6.17 Å². The molecular weight excluding hydrogens is 292 g/mol. The first kappa shape index (κ1) is 15.0. The summed E-state index contributed by atoms with van der Waals surface area (Å²) in [6.45, 7) is 0. The van der Waals surface area contributed by atoms with Gasteiger partial charge in [0.1, 0.15) is 5.75 Å². The number of anilines is 2. The number of benzene rings is 2. The zero-order chi connectivity index (χ0) is 16.2. The van der Waals surface area contributed by atoms with Crippen LogP contribution in [0.25, 0.3) is 0 Å². The molecule has 0 amide bonds. The highest BCUT2D eigenvalue weighted by molar-refractivity contribution is 6.48. The number of quaternary nitrogens is 1. The van der Waals surface area contributed by atoms with E-state index in [4.69, 9.17) is 10.1 Å². The Bertz CT molecular complexity index is 713. The van der Waals surface area contributed by atoms with E-state index in [1.807, 2.05) is 54.6 Å². The minimum Gasteiger partial charge on any atom is -0.497 e. The molecule has 1 saturated heterocycles. The molecule has 118 valence electrons. The zero-order valence-corrected chi connectivity index (χ0v) is 12.8. The second-order valence-electron chi connectivity index (χ2n) is 5.04. The van der Waals surface area contributed by atoms with Gasteiger partial charge in [-0.15, -0.1) is 0 Å². The Labute approximate surface area is 134 Å². The van der Waals surface area contributed by atoms with Crippen molar-refractivity contribution in [3.05, 3.63) is 54.6 Å². The lowest BCUT2D eigenvalue weighted by atomic mass is 10.3. The topological polar surface area (TPSA) is 100 Å². The van der Waals surface area contributed by atoms with Gasteiger partial charge in [0.05, 0.1) is 18.5 Å². The van der Waals surface area contributed by atoms with Crippen LogP contribution in [0, 0.1) is 5.41 Å². The molecule has 2 aromatic carbocycles. The lowest BCUT2D eigenvalue weighted by Gasteiger charge is -2.16. The minimum atomic E-state index is -0.298. The fourth-order valence-corrected chi connectivity index (χ4v) is 2.26. The van der Waals surface area contributed by atoms with E-state index in [1.165, 1.54) is 0 Å². The van der Waals surface area contributed by atoms with Gasteiger partial charge in [-0.25, -0.2) is 0 Å². The van der Waals surface area contributed by atoms with Crippen molar-refractivity contribution < 1.29 is 10.5 Å². The standard InChI is InChI=1S/C16H18N6O/c1-23-13-9-7-11(8-10-13)19-20-14-15(17)21-22(16(14)18)12-5-3-2-4-6-12/h2-10,15,18-19,21H,17H2,1H3/p+1/t15-/m0/s1. The van der Waals surface area contributed by atoms with Gasteiger partial charge >= 0.3 is 0 Å². The first-order valence-corrected chi connectivity index (χ1v) is 7.20. The van der Waals surface area contributed by atoms with Crippen molar-refractivity contribution in [2.75, 3.05) is 17.5 Å². The van der Waals surface area contributed by atoms with Crippen LogP contribution in [0.15, 0.2) is 59.7 Å². The molecule has 0 saturated carbocycles. The van der Waals surface area contributed by atoms with Gasteiger partial charge in [-0.1, -0.05) is 18.2 Å². The summed E-state index contributed by atoms with van der Waals surface area (Å²) in [5.74, 6) is 1.06. The van der Waals surface area contributed by atoms with Crippen LogP contribution in [0.1, 0.15) is 0 Å². The number of rotatable bonds is 4. The Kier molecular flexibility index (Phi) is 4.22. The molecule has 2 aromatic rings. The molecule has 6 N–H and O–H groups in total. The van der Waals surface area contributed by atoms with Crippen LogP contribution in [0.2, 0.25) is 0 Å². The number of hydrogen-bond donors (Lipinski definition) is 4. The Hall–Kier alpha value is -2.90. The Morgan fingerprint density at radius 3 is 2.52 bits per heavy atom. The van der Waals surface area contributed by atoms with E-state index < -0.39 is 0 Å². The summed E-state index contributed by atoms with van der Waals surface area (Å²) in [7, 11) is 1.62. The molecule has 7 heteroatoms. The quantitative estimate of drug-likeness (QED) is 0.634. The monoisotopic (exact) mass is 311 g/mol. The van der Waals surface area contributed by atoms with Gasteiger partial charge in [0, 0.05) is 0 Å². The van der Waals surface area contributed by atoms with Crippen LogP contribution < -0.4 is 26.3 Å². The largest absolute Gasteiger partial charge is 0.497 e. The fraction of sp³-hybridized carbons (Fsp3) is 0.125. The van der Waals surface area contributed by atoms with Crippen LogP contribution in [0.3, 0.4) is 0 Å². The Morgan fingerprint density at radius 2 is 1.87 bits per heavy atom. The number of hydrazine groups is 1. The molecule has 0 aliphatic carbocycles. The highest BCUT2D eigenvalue weighted by Crippen LogP contribution is 2.17. The minimum absolute atomic E-state index is 0.275. The smallest absolute Gasteiger partial charge is 0.204 e. The second-order valence-corrected chi connectivity index (χ2v) is 5.04. The van der Waals surface area contributed by atoms with E-state index >= 15 is 0 Å². The van der Waals surface area contributed by atoms with E-state index in [2.05, 4.69) is 21.7 Å². The van der Waals surface area contributed by atoms with Gasteiger partial charge in [0.25, 0.3) is 0 Å². The van der Waals surface area contributed by atoms with E-state index in [-0.39, 0.29) is 12.0 Å². The van der Waals surface area contributed by atoms with Crippen molar-refractivity contribution >= 4 is 22.9 Å². The predicted molar refractivity (Wildman–Crippen MR) is 90.5 cm³/mol. The number of hydrazone groups is 1. The van der Waals surface area contributed by atoms with Crippen molar-refractivity contribution in [1.82, 2.24) is 5.43 Å². The number of amidine groups is 1. The zero-order valence-electron chi connectivity index (χ0n) is 12.8. The average Bonchev–Trinajstić information content (AvgIpc) is 2.88. The molecule has 0 bridgehead atoms. The first-order chi connectivity index (χ1) is 11.2. The molecule has 23 heavy (non-hydrogen) atoms. The molecule has 1 aliphatic rings. The number of nitrogens with zero attached hydrogens (tertiary/aromatic N) is 2. The SMILES string of the molecule is COc1ccc(NN=C2C(=N)N(c3ccccc3)N[C@@H]2[NH3+])cc1. The Balaban J connectivity index is 1.75. The van der Waals surface area contributed by atoms with Crippen molar-refractivity contribution in [1.29, 1.82) is 5.41 Å². The van der Waals surface area contributed by atoms with Gasteiger partial charge in [0.15, 0.2) is 11.5 Å². The molecule has 3 rings (SSSR count). The van der Waals surface area contributed by atoms with Crippen LogP contribution in [-0.2, 0) is 0 Å². The summed E-state index contributed by atoms with van der Waals surface area (Å²) in [6.07, 6.45) is -0.298. The summed E-state index contributed by atoms with van der Waals surface area (Å²) >= 11 is 0. The number of nitrogens with one attached hydrogen (secondary N) is 3. The van der Waals surface area contributed by atoms with E-state index in [0.29, 0.717) is 5.71 Å². The number of methoxy groups -OCH3 is 1. The summed E-state index contributed by atoms with van der Waals surface area (Å²) in [4.78, 5) is 0.